The quantitative estimate of drug-likeness (QED) is 0.828. The molecule has 0 saturated carbocycles. The largest absolute Gasteiger partial charge is 0.381 e. The minimum absolute atomic E-state index is 0.374. The molecule has 0 aliphatic carbocycles. The third kappa shape index (κ3) is 1.55. The van der Waals surface area contributed by atoms with Crippen LogP contribution in [0.3, 0.4) is 0 Å². The number of halogens is 1. The van der Waals surface area contributed by atoms with Gasteiger partial charge >= 0.3 is 0 Å². The standard InChI is InChI=1S/C8H6BrN3O/c9-6-4-11-2-1-5(6)7-3-8(10)12-13-7/h1-4H,(H2,10,12). The van der Waals surface area contributed by atoms with Crippen molar-refractivity contribution in [1.82, 2.24) is 10.1 Å². The van der Waals surface area contributed by atoms with Crippen LogP contribution in [0.25, 0.3) is 11.3 Å². The average Bonchev–Trinajstić information content (AvgIpc) is 2.53. The van der Waals surface area contributed by atoms with E-state index in [1.54, 1.807) is 18.5 Å². The third-order valence-corrected chi connectivity index (χ3v) is 2.20. The molecule has 2 rings (SSSR count). The zero-order valence-electron chi connectivity index (χ0n) is 6.57. The molecule has 0 bridgehead atoms. The minimum atomic E-state index is 0.374. The topological polar surface area (TPSA) is 64.9 Å². The molecular formula is C8H6BrN3O. The molecule has 0 saturated heterocycles. The van der Waals surface area contributed by atoms with Crippen molar-refractivity contribution in [3.05, 3.63) is 29.0 Å². The molecule has 5 heteroatoms. The number of aromatic nitrogens is 2. The number of hydrogen-bond donors (Lipinski definition) is 1. The maximum absolute atomic E-state index is 5.43. The molecule has 0 spiro atoms. The smallest absolute Gasteiger partial charge is 0.170 e. The summed E-state index contributed by atoms with van der Waals surface area (Å²) in [6.45, 7) is 0. The lowest BCUT2D eigenvalue weighted by Crippen LogP contribution is -1.80. The fourth-order valence-corrected chi connectivity index (χ4v) is 1.44. The van der Waals surface area contributed by atoms with Crippen LogP contribution < -0.4 is 5.73 Å². The van der Waals surface area contributed by atoms with E-state index in [-0.39, 0.29) is 0 Å². The minimum Gasteiger partial charge on any atom is -0.381 e. The molecule has 2 aromatic heterocycles. The molecule has 0 aliphatic heterocycles. The predicted molar refractivity (Wildman–Crippen MR) is 51.8 cm³/mol. The highest BCUT2D eigenvalue weighted by Gasteiger charge is 2.07. The summed E-state index contributed by atoms with van der Waals surface area (Å²) in [6.07, 6.45) is 3.37. The van der Waals surface area contributed by atoms with Crippen LogP contribution in [0, 0.1) is 0 Å². The Morgan fingerprint density at radius 3 is 2.92 bits per heavy atom. The lowest BCUT2D eigenvalue weighted by atomic mass is 10.2. The molecule has 0 amide bonds. The van der Waals surface area contributed by atoms with Crippen LogP contribution in [-0.4, -0.2) is 10.1 Å². The molecule has 2 heterocycles. The maximum atomic E-state index is 5.43. The van der Waals surface area contributed by atoms with E-state index in [0.717, 1.165) is 10.0 Å². The van der Waals surface area contributed by atoms with Crippen LogP contribution in [0.2, 0.25) is 0 Å². The van der Waals surface area contributed by atoms with E-state index in [9.17, 15) is 0 Å². The Morgan fingerprint density at radius 2 is 2.31 bits per heavy atom. The van der Waals surface area contributed by atoms with Gasteiger partial charge in [-0.15, -0.1) is 0 Å². The second kappa shape index (κ2) is 3.18. The van der Waals surface area contributed by atoms with Crippen LogP contribution in [0.4, 0.5) is 5.82 Å². The van der Waals surface area contributed by atoms with Gasteiger partial charge in [0.05, 0.1) is 0 Å². The van der Waals surface area contributed by atoms with E-state index < -0.39 is 0 Å². The van der Waals surface area contributed by atoms with Crippen LogP contribution in [0.15, 0.2) is 33.5 Å². The summed E-state index contributed by atoms with van der Waals surface area (Å²) in [5.41, 5.74) is 6.32. The summed E-state index contributed by atoms with van der Waals surface area (Å²) in [5, 5.41) is 3.60. The second-order valence-corrected chi connectivity index (χ2v) is 3.33. The van der Waals surface area contributed by atoms with Gasteiger partial charge in [0.25, 0.3) is 0 Å². The van der Waals surface area contributed by atoms with E-state index >= 15 is 0 Å². The molecule has 4 nitrogen and oxygen atoms in total. The molecule has 2 N–H and O–H groups in total. The predicted octanol–water partition coefficient (Wildman–Crippen LogP) is 2.08. The van der Waals surface area contributed by atoms with Gasteiger partial charge in [0, 0.05) is 28.5 Å². The summed E-state index contributed by atoms with van der Waals surface area (Å²) in [4.78, 5) is 3.94. The number of pyridine rings is 1. The molecule has 0 radical (unpaired) electrons. The Kier molecular flexibility index (Phi) is 2.02. The molecule has 0 aliphatic rings. The number of anilines is 1. The number of nitrogens with zero attached hydrogens (tertiary/aromatic N) is 2. The zero-order valence-corrected chi connectivity index (χ0v) is 8.15. The van der Waals surface area contributed by atoms with Gasteiger partial charge in [-0.1, -0.05) is 5.16 Å². The number of hydrogen-bond acceptors (Lipinski definition) is 4. The van der Waals surface area contributed by atoms with Crippen LogP contribution in [0.1, 0.15) is 0 Å². The van der Waals surface area contributed by atoms with E-state index in [1.165, 1.54) is 0 Å². The number of rotatable bonds is 1. The highest BCUT2D eigenvalue weighted by Crippen LogP contribution is 2.27. The van der Waals surface area contributed by atoms with Crippen molar-refractivity contribution in [2.24, 2.45) is 0 Å². The Labute approximate surface area is 82.9 Å². The third-order valence-electron chi connectivity index (χ3n) is 1.57. The summed E-state index contributed by atoms with van der Waals surface area (Å²) in [7, 11) is 0. The fraction of sp³-hybridized carbons (Fsp3) is 0. The van der Waals surface area contributed by atoms with Gasteiger partial charge in [-0.3, -0.25) is 4.98 Å². The monoisotopic (exact) mass is 239 g/mol. The Balaban J connectivity index is 2.52. The zero-order chi connectivity index (χ0) is 9.26. The fourth-order valence-electron chi connectivity index (χ4n) is 0.991. The normalized spacial score (nSPS) is 10.2. The van der Waals surface area contributed by atoms with Crippen molar-refractivity contribution in [3.63, 3.8) is 0 Å². The first-order valence-corrected chi connectivity index (χ1v) is 4.39. The Hall–Kier alpha value is -1.36. The SMILES string of the molecule is Nc1cc(-c2ccncc2Br)on1. The van der Waals surface area contributed by atoms with Crippen molar-refractivity contribution in [1.29, 1.82) is 0 Å². The molecule has 0 fully saturated rings. The van der Waals surface area contributed by atoms with Crippen molar-refractivity contribution in [2.75, 3.05) is 5.73 Å². The lowest BCUT2D eigenvalue weighted by molar-refractivity contribution is 0.435. The first kappa shape index (κ1) is 8.25. The lowest BCUT2D eigenvalue weighted by Gasteiger charge is -1.96. The first-order valence-electron chi connectivity index (χ1n) is 3.59. The van der Waals surface area contributed by atoms with Crippen molar-refractivity contribution < 1.29 is 4.52 Å². The van der Waals surface area contributed by atoms with Gasteiger partial charge < -0.3 is 10.3 Å². The summed E-state index contributed by atoms with van der Waals surface area (Å²) in [5.74, 6) is 1.01. The number of nitrogens with two attached hydrogens (primary N) is 1. The molecule has 13 heavy (non-hydrogen) atoms. The Bertz CT molecular complexity index is 427. The van der Waals surface area contributed by atoms with Crippen LogP contribution >= 0.6 is 15.9 Å². The number of nitrogen functional groups attached to an aromatic ring is 1. The summed E-state index contributed by atoms with van der Waals surface area (Å²) >= 11 is 3.35. The van der Waals surface area contributed by atoms with Gasteiger partial charge in [0.1, 0.15) is 0 Å². The van der Waals surface area contributed by atoms with Crippen molar-refractivity contribution >= 4 is 21.7 Å². The maximum Gasteiger partial charge on any atom is 0.170 e. The summed E-state index contributed by atoms with van der Waals surface area (Å²) < 4.78 is 5.85. The van der Waals surface area contributed by atoms with Gasteiger partial charge in [-0.25, -0.2) is 0 Å². The van der Waals surface area contributed by atoms with Crippen LogP contribution in [0.5, 0.6) is 0 Å². The highest BCUT2D eigenvalue weighted by atomic mass is 79.9. The van der Waals surface area contributed by atoms with E-state index in [1.807, 2.05) is 6.07 Å². The van der Waals surface area contributed by atoms with Gasteiger partial charge in [-0.2, -0.15) is 0 Å². The average molecular weight is 240 g/mol. The molecule has 0 aromatic carbocycles. The van der Waals surface area contributed by atoms with Crippen molar-refractivity contribution in [3.8, 4) is 11.3 Å². The molecule has 0 atom stereocenters. The molecule has 66 valence electrons. The van der Waals surface area contributed by atoms with Gasteiger partial charge in [0.15, 0.2) is 11.6 Å². The van der Waals surface area contributed by atoms with E-state index in [4.69, 9.17) is 10.3 Å². The summed E-state index contributed by atoms with van der Waals surface area (Å²) in [6, 6.07) is 3.49. The van der Waals surface area contributed by atoms with Gasteiger partial charge in [-0.05, 0) is 22.0 Å². The Morgan fingerprint density at radius 1 is 1.46 bits per heavy atom. The second-order valence-electron chi connectivity index (χ2n) is 2.47. The molecule has 0 unspecified atom stereocenters. The van der Waals surface area contributed by atoms with Gasteiger partial charge in [0.2, 0.25) is 0 Å². The first-order chi connectivity index (χ1) is 6.27. The van der Waals surface area contributed by atoms with Crippen molar-refractivity contribution in [2.45, 2.75) is 0 Å². The molecular weight excluding hydrogens is 234 g/mol. The van der Waals surface area contributed by atoms with E-state index in [0.29, 0.717) is 11.6 Å². The molecule has 2 aromatic rings. The van der Waals surface area contributed by atoms with Crippen LogP contribution in [-0.2, 0) is 0 Å². The van der Waals surface area contributed by atoms with E-state index in [2.05, 4.69) is 26.1 Å². The highest BCUT2D eigenvalue weighted by molar-refractivity contribution is 9.10.